The quantitative estimate of drug-likeness (QED) is 0.729. The molecule has 3 aromatic rings. The molecule has 0 spiro atoms. The van der Waals surface area contributed by atoms with Crippen LogP contribution in [0.3, 0.4) is 0 Å². The van der Waals surface area contributed by atoms with Crippen molar-refractivity contribution in [3.8, 4) is 0 Å². The summed E-state index contributed by atoms with van der Waals surface area (Å²) >= 11 is 0. The Bertz CT molecular complexity index is 869. The van der Waals surface area contributed by atoms with Crippen molar-refractivity contribution in [2.45, 2.75) is 13.3 Å². The van der Waals surface area contributed by atoms with Gasteiger partial charge in [-0.2, -0.15) is 0 Å². The Morgan fingerprint density at radius 3 is 2.78 bits per heavy atom. The first-order chi connectivity index (χ1) is 11.2. The predicted octanol–water partition coefficient (Wildman–Crippen LogP) is 2.91. The van der Waals surface area contributed by atoms with E-state index in [1.54, 1.807) is 13.2 Å². The Labute approximate surface area is 132 Å². The van der Waals surface area contributed by atoms with E-state index in [4.69, 9.17) is 4.42 Å². The molecule has 0 atom stereocenters. The molecule has 0 saturated heterocycles. The summed E-state index contributed by atoms with van der Waals surface area (Å²) in [4.78, 5) is 23.1. The predicted molar refractivity (Wildman–Crippen MR) is 85.7 cm³/mol. The molecular weight excluding hydrogens is 296 g/mol. The minimum atomic E-state index is -0.691. The lowest BCUT2D eigenvalue weighted by Crippen LogP contribution is -2.42. The van der Waals surface area contributed by atoms with Gasteiger partial charge in [-0.1, -0.05) is 30.3 Å². The van der Waals surface area contributed by atoms with Gasteiger partial charge < -0.3 is 9.15 Å². The maximum atomic E-state index is 12.0. The van der Waals surface area contributed by atoms with Crippen LogP contribution in [-0.2, 0) is 16.0 Å². The van der Waals surface area contributed by atoms with Gasteiger partial charge in [0.15, 0.2) is 0 Å². The highest BCUT2D eigenvalue weighted by molar-refractivity contribution is 6.08. The average molecular weight is 312 g/mol. The molecule has 0 aliphatic carbocycles. The van der Waals surface area contributed by atoms with Crippen molar-refractivity contribution >= 4 is 33.7 Å². The summed E-state index contributed by atoms with van der Waals surface area (Å²) in [5.74, 6) is -0.353. The number of hydrogen-bond acceptors (Lipinski definition) is 4. The molecule has 2 aromatic carbocycles. The van der Waals surface area contributed by atoms with Crippen LogP contribution in [0, 0.1) is 0 Å². The molecule has 0 radical (unpaired) electrons. The van der Waals surface area contributed by atoms with E-state index in [0.29, 0.717) is 0 Å². The minimum absolute atomic E-state index is 0.0907. The largest absolute Gasteiger partial charge is 0.464 e. The van der Waals surface area contributed by atoms with E-state index in [1.165, 1.54) is 0 Å². The highest BCUT2D eigenvalue weighted by atomic mass is 16.5. The lowest BCUT2D eigenvalue weighted by Gasteiger charge is -2.07. The molecule has 118 valence electrons. The second-order valence-corrected chi connectivity index (χ2v) is 4.99. The van der Waals surface area contributed by atoms with Gasteiger partial charge in [-0.05, 0) is 23.8 Å². The van der Waals surface area contributed by atoms with E-state index >= 15 is 0 Å². The summed E-state index contributed by atoms with van der Waals surface area (Å²) in [6.45, 7) is 1.92. The van der Waals surface area contributed by atoms with Crippen molar-refractivity contribution in [3.63, 3.8) is 0 Å². The molecule has 2 N–H and O–H groups in total. The van der Waals surface area contributed by atoms with E-state index in [-0.39, 0.29) is 18.9 Å². The number of fused-ring (bicyclic) bond motifs is 3. The third-order valence-corrected chi connectivity index (χ3v) is 3.47. The monoisotopic (exact) mass is 312 g/mol. The van der Waals surface area contributed by atoms with Gasteiger partial charge in [-0.3, -0.25) is 10.2 Å². The number of carbonyl (C=O) groups is 2. The fourth-order valence-electron chi connectivity index (χ4n) is 2.51. The Morgan fingerprint density at radius 2 is 1.96 bits per heavy atom. The first kappa shape index (κ1) is 14.9. The topological polar surface area (TPSA) is 80.6 Å². The van der Waals surface area contributed by atoms with E-state index < -0.39 is 6.09 Å². The van der Waals surface area contributed by atoms with Crippen molar-refractivity contribution in [1.29, 1.82) is 0 Å². The number of carbonyl (C=O) groups excluding carboxylic acids is 2. The van der Waals surface area contributed by atoms with Crippen LogP contribution >= 0.6 is 0 Å². The molecule has 1 heterocycles. The molecule has 0 saturated carbocycles. The summed E-state index contributed by atoms with van der Waals surface area (Å²) in [5.41, 5.74) is 5.99. The van der Waals surface area contributed by atoms with Gasteiger partial charge in [-0.15, -0.1) is 0 Å². The molecule has 6 heteroatoms. The zero-order chi connectivity index (χ0) is 16.2. The SMILES string of the molecule is CCOC(=O)NNC(=O)Cc1coc2ccc3ccccc3c12. The third-order valence-electron chi connectivity index (χ3n) is 3.47. The zero-order valence-electron chi connectivity index (χ0n) is 12.6. The van der Waals surface area contributed by atoms with Gasteiger partial charge in [-0.25, -0.2) is 10.2 Å². The maximum absolute atomic E-state index is 12.0. The Kier molecular flexibility index (Phi) is 4.14. The highest BCUT2D eigenvalue weighted by Crippen LogP contribution is 2.29. The molecular formula is C17H16N2O4. The van der Waals surface area contributed by atoms with Crippen molar-refractivity contribution in [2.24, 2.45) is 0 Å². The second kappa shape index (κ2) is 6.39. The molecule has 0 aliphatic heterocycles. The summed E-state index contributed by atoms with van der Waals surface area (Å²) in [6.07, 6.45) is 0.970. The summed E-state index contributed by atoms with van der Waals surface area (Å²) in [5, 5.41) is 3.02. The van der Waals surface area contributed by atoms with E-state index in [9.17, 15) is 9.59 Å². The molecule has 0 aliphatic rings. The van der Waals surface area contributed by atoms with Gasteiger partial charge in [0, 0.05) is 10.9 Å². The van der Waals surface area contributed by atoms with Crippen LogP contribution in [-0.4, -0.2) is 18.6 Å². The first-order valence-electron chi connectivity index (χ1n) is 7.28. The van der Waals surface area contributed by atoms with Gasteiger partial charge in [0.25, 0.3) is 0 Å². The minimum Gasteiger partial charge on any atom is -0.464 e. The van der Waals surface area contributed by atoms with Crippen molar-refractivity contribution in [1.82, 2.24) is 10.9 Å². The number of hydrogen-bond donors (Lipinski definition) is 2. The van der Waals surface area contributed by atoms with E-state index in [0.717, 1.165) is 27.3 Å². The van der Waals surface area contributed by atoms with Crippen LogP contribution in [0.1, 0.15) is 12.5 Å². The fourth-order valence-corrected chi connectivity index (χ4v) is 2.51. The smallest absolute Gasteiger partial charge is 0.426 e. The summed E-state index contributed by atoms with van der Waals surface area (Å²) < 4.78 is 10.2. The summed E-state index contributed by atoms with van der Waals surface area (Å²) in [6, 6.07) is 11.8. The second-order valence-electron chi connectivity index (χ2n) is 4.99. The standard InChI is InChI=1S/C17H16N2O4/c1-2-22-17(21)19-18-15(20)9-12-10-23-14-8-7-11-5-3-4-6-13(11)16(12)14/h3-8,10H,2,9H2,1H3,(H,18,20)(H,19,21). The van der Waals surface area contributed by atoms with E-state index in [2.05, 4.69) is 15.6 Å². The number of amides is 2. The maximum Gasteiger partial charge on any atom is 0.426 e. The van der Waals surface area contributed by atoms with Crippen molar-refractivity contribution < 1.29 is 18.7 Å². The molecule has 0 bridgehead atoms. The number of nitrogens with one attached hydrogen (secondary N) is 2. The average Bonchev–Trinajstić information content (AvgIpc) is 2.97. The Balaban J connectivity index is 1.82. The fraction of sp³-hybridized carbons (Fsp3) is 0.176. The van der Waals surface area contributed by atoms with Gasteiger partial charge in [0.2, 0.25) is 5.91 Å². The van der Waals surface area contributed by atoms with Crippen LogP contribution in [0.5, 0.6) is 0 Å². The molecule has 1 aromatic heterocycles. The summed E-state index contributed by atoms with van der Waals surface area (Å²) in [7, 11) is 0. The third kappa shape index (κ3) is 3.11. The number of benzene rings is 2. The molecule has 6 nitrogen and oxygen atoms in total. The number of rotatable bonds is 3. The van der Waals surface area contributed by atoms with E-state index in [1.807, 2.05) is 36.4 Å². The normalized spacial score (nSPS) is 10.7. The van der Waals surface area contributed by atoms with Gasteiger partial charge >= 0.3 is 6.09 Å². The number of furan rings is 1. The van der Waals surface area contributed by atoms with Gasteiger partial charge in [0.1, 0.15) is 5.58 Å². The number of hydrazine groups is 1. The molecule has 2 amide bonds. The highest BCUT2D eigenvalue weighted by Gasteiger charge is 2.13. The van der Waals surface area contributed by atoms with Crippen molar-refractivity contribution in [3.05, 3.63) is 48.2 Å². The van der Waals surface area contributed by atoms with Crippen LogP contribution in [0.2, 0.25) is 0 Å². The zero-order valence-corrected chi connectivity index (χ0v) is 12.6. The molecule has 0 fully saturated rings. The van der Waals surface area contributed by atoms with Crippen LogP contribution < -0.4 is 10.9 Å². The lowest BCUT2D eigenvalue weighted by atomic mass is 10.0. The van der Waals surface area contributed by atoms with Crippen LogP contribution in [0.4, 0.5) is 4.79 Å². The number of ether oxygens (including phenoxy) is 1. The molecule has 23 heavy (non-hydrogen) atoms. The molecule has 3 rings (SSSR count). The Morgan fingerprint density at radius 1 is 1.13 bits per heavy atom. The van der Waals surface area contributed by atoms with Crippen LogP contribution in [0.15, 0.2) is 47.1 Å². The lowest BCUT2D eigenvalue weighted by molar-refractivity contribution is -0.121. The Hall–Kier alpha value is -3.02. The van der Waals surface area contributed by atoms with Crippen LogP contribution in [0.25, 0.3) is 21.7 Å². The van der Waals surface area contributed by atoms with Gasteiger partial charge in [0.05, 0.1) is 19.3 Å². The molecule has 0 unspecified atom stereocenters. The van der Waals surface area contributed by atoms with Crippen molar-refractivity contribution in [2.75, 3.05) is 6.61 Å². The first-order valence-corrected chi connectivity index (χ1v) is 7.28.